The molecule has 0 fully saturated rings. The number of carboxylic acids is 1. The molecule has 0 aliphatic rings. The van der Waals surface area contributed by atoms with Crippen LogP contribution in [0.3, 0.4) is 0 Å². The number of benzene rings is 1. The molecule has 1 heterocycles. The van der Waals surface area contributed by atoms with Gasteiger partial charge in [-0.05, 0) is 25.1 Å². The van der Waals surface area contributed by atoms with Gasteiger partial charge in [-0.3, -0.25) is 4.79 Å². The Morgan fingerprint density at radius 2 is 1.91 bits per heavy atom. The van der Waals surface area contributed by atoms with Crippen molar-refractivity contribution in [1.82, 2.24) is 4.98 Å². The van der Waals surface area contributed by atoms with Gasteiger partial charge in [-0.2, -0.15) is 0 Å². The van der Waals surface area contributed by atoms with Crippen LogP contribution in [0.4, 0.5) is 11.5 Å². The van der Waals surface area contributed by atoms with Crippen molar-refractivity contribution in [3.63, 3.8) is 0 Å². The van der Waals surface area contributed by atoms with Crippen LogP contribution in [-0.2, 0) is 0 Å². The number of nitrogens with zero attached hydrogens (tertiary/aromatic N) is 1. The third kappa shape index (κ3) is 4.22. The van der Waals surface area contributed by atoms with E-state index in [1.165, 1.54) is 13.2 Å². The van der Waals surface area contributed by atoms with Crippen molar-refractivity contribution in [1.29, 1.82) is 0 Å². The molecule has 1 radical (unpaired) electrons. The standard InChI is InChI=1S/C15H15N3O4.Na/c1-8-9(15(20)21)7-10(13(16)19)14(17-8)18-11-5-3-4-6-12(11)22-2;/h3-7H,1-2H3,(H2,16,19)(H,17,18)(H,20,21);. The first-order valence-corrected chi connectivity index (χ1v) is 6.38. The number of aryl methyl sites for hydroxylation is 1. The Morgan fingerprint density at radius 3 is 2.48 bits per heavy atom. The molecule has 0 spiro atoms. The van der Waals surface area contributed by atoms with Gasteiger partial charge in [0.25, 0.3) is 5.91 Å². The number of nitrogens with two attached hydrogens (primary N) is 1. The van der Waals surface area contributed by atoms with Gasteiger partial charge in [0.1, 0.15) is 11.6 Å². The van der Waals surface area contributed by atoms with Crippen molar-refractivity contribution < 1.29 is 19.4 Å². The number of nitrogens with one attached hydrogen (secondary N) is 1. The summed E-state index contributed by atoms with van der Waals surface area (Å²) in [5, 5.41) is 12.1. The molecular weight excluding hydrogens is 309 g/mol. The van der Waals surface area contributed by atoms with Crippen LogP contribution in [0.25, 0.3) is 0 Å². The molecule has 8 heteroatoms. The van der Waals surface area contributed by atoms with Crippen molar-refractivity contribution >= 4 is 52.9 Å². The van der Waals surface area contributed by atoms with Crippen molar-refractivity contribution in [3.05, 3.63) is 47.2 Å². The quantitative estimate of drug-likeness (QED) is 0.719. The molecule has 23 heavy (non-hydrogen) atoms. The summed E-state index contributed by atoms with van der Waals surface area (Å²) >= 11 is 0. The topological polar surface area (TPSA) is 115 Å². The van der Waals surface area contributed by atoms with Crippen LogP contribution in [0.5, 0.6) is 5.75 Å². The number of carboxylic acid groups (broad SMARTS) is 1. The Labute approximate surface area is 155 Å². The maximum Gasteiger partial charge on any atom is 0.337 e. The van der Waals surface area contributed by atoms with Crippen LogP contribution in [0.2, 0.25) is 0 Å². The predicted molar refractivity (Wildman–Crippen MR) is 86.5 cm³/mol. The summed E-state index contributed by atoms with van der Waals surface area (Å²) in [6.45, 7) is 1.54. The molecular formula is C15H15N3NaO4. The number of carbonyl (C=O) groups excluding carboxylic acids is 1. The summed E-state index contributed by atoms with van der Waals surface area (Å²) < 4.78 is 5.21. The van der Waals surface area contributed by atoms with E-state index in [2.05, 4.69) is 10.3 Å². The van der Waals surface area contributed by atoms with Crippen molar-refractivity contribution in [2.45, 2.75) is 6.92 Å². The van der Waals surface area contributed by atoms with E-state index in [0.29, 0.717) is 11.4 Å². The number of hydrogen-bond donors (Lipinski definition) is 3. The maximum atomic E-state index is 11.6. The minimum absolute atomic E-state index is 0. The second-order valence-electron chi connectivity index (χ2n) is 4.51. The minimum atomic E-state index is -1.17. The molecule has 0 bridgehead atoms. The second kappa shape index (κ2) is 7.96. The van der Waals surface area contributed by atoms with Crippen molar-refractivity contribution in [3.8, 4) is 5.75 Å². The number of rotatable bonds is 5. The number of amides is 1. The van der Waals surface area contributed by atoms with Gasteiger partial charge in [0.2, 0.25) is 0 Å². The number of para-hydroxylation sites is 2. The van der Waals surface area contributed by atoms with Gasteiger partial charge in [0.05, 0.1) is 29.6 Å². The SMILES string of the molecule is COc1ccccc1Nc1nc(C)c(C(=O)O)cc1C(N)=O.[Na]. The van der Waals surface area contributed by atoms with Crippen LogP contribution in [0.1, 0.15) is 26.4 Å². The number of hydrogen-bond acceptors (Lipinski definition) is 5. The molecule has 1 aromatic carbocycles. The average molecular weight is 324 g/mol. The number of pyridine rings is 1. The Morgan fingerprint density at radius 1 is 1.26 bits per heavy atom. The predicted octanol–water partition coefficient (Wildman–Crippen LogP) is 1.56. The van der Waals surface area contributed by atoms with E-state index < -0.39 is 11.9 Å². The van der Waals surface area contributed by atoms with E-state index >= 15 is 0 Å². The van der Waals surface area contributed by atoms with E-state index in [1.807, 2.05) is 0 Å². The molecule has 0 aliphatic heterocycles. The number of carbonyl (C=O) groups is 2. The molecule has 0 unspecified atom stereocenters. The fourth-order valence-electron chi connectivity index (χ4n) is 1.98. The van der Waals surface area contributed by atoms with E-state index in [4.69, 9.17) is 15.6 Å². The fraction of sp³-hybridized carbons (Fsp3) is 0.133. The third-order valence-corrected chi connectivity index (χ3v) is 3.07. The molecule has 0 saturated heterocycles. The molecule has 4 N–H and O–H groups in total. The van der Waals surface area contributed by atoms with Crippen molar-refractivity contribution in [2.24, 2.45) is 5.73 Å². The summed E-state index contributed by atoms with van der Waals surface area (Å²) in [5.74, 6) is -1.21. The first kappa shape index (κ1) is 19.0. The molecule has 2 rings (SSSR count). The summed E-state index contributed by atoms with van der Waals surface area (Å²) in [5.41, 5.74) is 6.10. The Balaban J connectivity index is 0.00000264. The van der Waals surface area contributed by atoms with E-state index in [-0.39, 0.29) is 52.2 Å². The minimum Gasteiger partial charge on any atom is -0.495 e. The molecule has 0 atom stereocenters. The van der Waals surface area contributed by atoms with Crippen LogP contribution < -0.4 is 15.8 Å². The Bertz CT molecular complexity index is 749. The molecule has 0 aliphatic carbocycles. The zero-order valence-corrected chi connectivity index (χ0v) is 15.1. The monoisotopic (exact) mass is 324 g/mol. The van der Waals surface area contributed by atoms with Crippen LogP contribution in [0.15, 0.2) is 30.3 Å². The molecule has 1 aromatic heterocycles. The number of aromatic nitrogens is 1. The normalized spacial score (nSPS) is 9.65. The summed E-state index contributed by atoms with van der Waals surface area (Å²) in [6, 6.07) is 8.28. The Hall–Kier alpha value is -2.09. The summed E-state index contributed by atoms with van der Waals surface area (Å²) in [4.78, 5) is 26.8. The van der Waals surface area contributed by atoms with Crippen LogP contribution in [-0.4, -0.2) is 58.6 Å². The third-order valence-electron chi connectivity index (χ3n) is 3.07. The van der Waals surface area contributed by atoms with Gasteiger partial charge in [-0.15, -0.1) is 0 Å². The summed E-state index contributed by atoms with van der Waals surface area (Å²) in [7, 11) is 1.52. The average Bonchev–Trinajstić information content (AvgIpc) is 2.47. The fourth-order valence-corrected chi connectivity index (χ4v) is 1.98. The van der Waals surface area contributed by atoms with Gasteiger partial charge in [0.15, 0.2) is 0 Å². The van der Waals surface area contributed by atoms with Gasteiger partial charge in [-0.1, -0.05) is 12.1 Å². The Kier molecular flexibility index (Phi) is 6.56. The number of aromatic carboxylic acids is 1. The van der Waals surface area contributed by atoms with E-state index in [1.54, 1.807) is 31.2 Å². The van der Waals surface area contributed by atoms with Crippen LogP contribution >= 0.6 is 0 Å². The molecule has 0 saturated carbocycles. The first-order valence-electron chi connectivity index (χ1n) is 6.38. The van der Waals surface area contributed by atoms with Gasteiger partial charge < -0.3 is 20.9 Å². The number of methoxy groups -OCH3 is 1. The zero-order valence-electron chi connectivity index (χ0n) is 13.1. The molecule has 2 aromatic rings. The van der Waals surface area contributed by atoms with Gasteiger partial charge in [0, 0.05) is 29.6 Å². The number of ether oxygens (including phenoxy) is 1. The first-order chi connectivity index (χ1) is 10.4. The maximum absolute atomic E-state index is 11.6. The smallest absolute Gasteiger partial charge is 0.337 e. The van der Waals surface area contributed by atoms with Crippen molar-refractivity contribution in [2.75, 3.05) is 12.4 Å². The molecule has 115 valence electrons. The summed E-state index contributed by atoms with van der Waals surface area (Å²) in [6.07, 6.45) is 0. The number of primary amides is 1. The van der Waals surface area contributed by atoms with Gasteiger partial charge >= 0.3 is 5.97 Å². The largest absolute Gasteiger partial charge is 0.495 e. The second-order valence-corrected chi connectivity index (χ2v) is 4.51. The number of anilines is 2. The van der Waals surface area contributed by atoms with Crippen LogP contribution in [0, 0.1) is 6.92 Å². The zero-order chi connectivity index (χ0) is 16.3. The molecule has 1 amide bonds. The van der Waals surface area contributed by atoms with E-state index in [9.17, 15) is 9.59 Å². The molecule has 7 nitrogen and oxygen atoms in total. The van der Waals surface area contributed by atoms with E-state index in [0.717, 1.165) is 0 Å². The van der Waals surface area contributed by atoms with Gasteiger partial charge in [-0.25, -0.2) is 9.78 Å².